The lowest BCUT2D eigenvalue weighted by Crippen LogP contribution is -2.23. The molecule has 23 heavy (non-hydrogen) atoms. The fourth-order valence-corrected chi connectivity index (χ4v) is 3.25. The van der Waals surface area contributed by atoms with Crippen LogP contribution >= 0.6 is 0 Å². The Hall–Kier alpha value is -2.12. The highest BCUT2D eigenvalue weighted by atomic mass is 32.2. The molecule has 0 spiro atoms. The Balaban J connectivity index is 2.22. The Kier molecular flexibility index (Phi) is 5.23. The molecule has 0 aromatic heterocycles. The molecule has 0 unspecified atom stereocenters. The van der Waals surface area contributed by atoms with E-state index in [-0.39, 0.29) is 11.4 Å². The summed E-state index contributed by atoms with van der Waals surface area (Å²) in [7, 11) is -0.766. The number of aryl methyl sites for hydroxylation is 1. The Morgan fingerprint density at radius 1 is 1.04 bits per heavy atom. The zero-order chi connectivity index (χ0) is 17.0. The molecule has 0 bridgehead atoms. The number of sulfonamides is 1. The highest BCUT2D eigenvalue weighted by Crippen LogP contribution is 2.23. The summed E-state index contributed by atoms with van der Waals surface area (Å²) in [6.07, 6.45) is 0. The summed E-state index contributed by atoms with van der Waals surface area (Å²) < 4.78 is 50.7. The SMILES string of the molecule is COc1ccc(S(=O)(=O)NCc2cc(F)ccc2OC)cc1C. The van der Waals surface area contributed by atoms with E-state index in [2.05, 4.69) is 4.72 Å². The van der Waals surface area contributed by atoms with Gasteiger partial charge in [-0.15, -0.1) is 0 Å². The van der Waals surface area contributed by atoms with Gasteiger partial charge in [0, 0.05) is 12.1 Å². The van der Waals surface area contributed by atoms with Gasteiger partial charge in [-0.05, 0) is 48.9 Å². The van der Waals surface area contributed by atoms with Crippen molar-refractivity contribution in [2.45, 2.75) is 18.4 Å². The van der Waals surface area contributed by atoms with E-state index < -0.39 is 15.8 Å². The van der Waals surface area contributed by atoms with E-state index in [1.54, 1.807) is 13.0 Å². The predicted molar refractivity (Wildman–Crippen MR) is 84.7 cm³/mol. The molecule has 0 saturated carbocycles. The van der Waals surface area contributed by atoms with Crippen molar-refractivity contribution in [3.63, 3.8) is 0 Å². The van der Waals surface area contributed by atoms with Gasteiger partial charge in [-0.1, -0.05) is 0 Å². The molecular weight excluding hydrogens is 321 g/mol. The number of benzene rings is 2. The smallest absolute Gasteiger partial charge is 0.240 e. The number of halogens is 1. The van der Waals surface area contributed by atoms with E-state index in [0.717, 1.165) is 0 Å². The van der Waals surface area contributed by atoms with Crippen molar-refractivity contribution < 1.29 is 22.3 Å². The van der Waals surface area contributed by atoms with Crippen LogP contribution in [0.3, 0.4) is 0 Å². The molecule has 0 atom stereocenters. The molecule has 1 N–H and O–H groups in total. The highest BCUT2D eigenvalue weighted by molar-refractivity contribution is 7.89. The first kappa shape index (κ1) is 17.2. The van der Waals surface area contributed by atoms with Crippen LogP contribution in [-0.2, 0) is 16.6 Å². The predicted octanol–water partition coefficient (Wildman–Crippen LogP) is 2.63. The average molecular weight is 339 g/mol. The molecule has 0 heterocycles. The molecule has 0 aliphatic carbocycles. The molecule has 0 aliphatic rings. The van der Waals surface area contributed by atoms with Crippen molar-refractivity contribution in [2.24, 2.45) is 0 Å². The van der Waals surface area contributed by atoms with Gasteiger partial charge in [0.15, 0.2) is 0 Å². The first-order chi connectivity index (χ1) is 10.9. The van der Waals surface area contributed by atoms with Crippen molar-refractivity contribution in [2.75, 3.05) is 14.2 Å². The van der Waals surface area contributed by atoms with Crippen molar-refractivity contribution in [3.05, 3.63) is 53.3 Å². The van der Waals surface area contributed by atoms with Crippen molar-refractivity contribution in [1.29, 1.82) is 0 Å². The molecule has 0 amide bonds. The van der Waals surface area contributed by atoms with Crippen LogP contribution in [0.5, 0.6) is 11.5 Å². The topological polar surface area (TPSA) is 64.6 Å². The van der Waals surface area contributed by atoms with Crippen LogP contribution in [0.1, 0.15) is 11.1 Å². The maximum atomic E-state index is 13.3. The number of nitrogens with one attached hydrogen (secondary N) is 1. The highest BCUT2D eigenvalue weighted by Gasteiger charge is 2.16. The fourth-order valence-electron chi connectivity index (χ4n) is 2.16. The van der Waals surface area contributed by atoms with Gasteiger partial charge < -0.3 is 9.47 Å². The third-order valence-electron chi connectivity index (χ3n) is 3.37. The maximum absolute atomic E-state index is 13.3. The molecule has 2 aromatic rings. The Morgan fingerprint density at radius 3 is 2.30 bits per heavy atom. The van der Waals surface area contributed by atoms with Crippen LogP contribution in [-0.4, -0.2) is 22.6 Å². The number of hydrogen-bond donors (Lipinski definition) is 1. The quantitative estimate of drug-likeness (QED) is 0.879. The fraction of sp³-hybridized carbons (Fsp3) is 0.250. The number of methoxy groups -OCH3 is 2. The second-order valence-electron chi connectivity index (χ2n) is 4.91. The minimum absolute atomic E-state index is 0.0751. The van der Waals surface area contributed by atoms with Gasteiger partial charge in [-0.3, -0.25) is 0 Å². The van der Waals surface area contributed by atoms with Gasteiger partial charge in [-0.2, -0.15) is 0 Å². The molecule has 0 fully saturated rings. The average Bonchev–Trinajstić information content (AvgIpc) is 2.53. The van der Waals surface area contributed by atoms with Gasteiger partial charge in [0.1, 0.15) is 17.3 Å². The molecule has 0 saturated heterocycles. The lowest BCUT2D eigenvalue weighted by molar-refractivity contribution is 0.407. The molecular formula is C16H18FNO4S. The summed E-state index contributed by atoms with van der Waals surface area (Å²) in [5.41, 5.74) is 1.13. The van der Waals surface area contributed by atoms with Crippen molar-refractivity contribution in [1.82, 2.24) is 4.72 Å². The third-order valence-corrected chi connectivity index (χ3v) is 4.77. The Bertz CT molecular complexity index is 806. The van der Waals surface area contributed by atoms with Gasteiger partial charge in [-0.25, -0.2) is 17.5 Å². The maximum Gasteiger partial charge on any atom is 0.240 e. The van der Waals surface area contributed by atoms with Gasteiger partial charge in [0.25, 0.3) is 0 Å². The van der Waals surface area contributed by atoms with Crippen LogP contribution in [0.25, 0.3) is 0 Å². The second kappa shape index (κ2) is 6.97. The largest absolute Gasteiger partial charge is 0.496 e. The third kappa shape index (κ3) is 4.00. The van der Waals surface area contributed by atoms with Crippen molar-refractivity contribution in [3.8, 4) is 11.5 Å². The lowest BCUT2D eigenvalue weighted by atomic mass is 10.2. The van der Waals surface area contributed by atoms with Crippen molar-refractivity contribution >= 4 is 10.0 Å². The zero-order valence-electron chi connectivity index (χ0n) is 13.1. The van der Waals surface area contributed by atoms with E-state index >= 15 is 0 Å². The monoisotopic (exact) mass is 339 g/mol. The Morgan fingerprint density at radius 2 is 1.70 bits per heavy atom. The molecule has 2 rings (SSSR count). The molecule has 2 aromatic carbocycles. The molecule has 0 radical (unpaired) electrons. The normalized spacial score (nSPS) is 11.3. The summed E-state index contributed by atoms with van der Waals surface area (Å²) in [6, 6.07) is 8.51. The second-order valence-corrected chi connectivity index (χ2v) is 6.68. The first-order valence-corrected chi connectivity index (χ1v) is 8.32. The van der Waals surface area contributed by atoms with Crippen LogP contribution < -0.4 is 14.2 Å². The van der Waals surface area contributed by atoms with E-state index in [1.807, 2.05) is 0 Å². The Labute approximate surface area is 135 Å². The van der Waals surface area contributed by atoms with Gasteiger partial charge >= 0.3 is 0 Å². The minimum atomic E-state index is -3.73. The number of ether oxygens (including phenoxy) is 2. The summed E-state index contributed by atoms with van der Waals surface area (Å²) in [4.78, 5) is 0.117. The molecule has 124 valence electrons. The van der Waals surface area contributed by atoms with E-state index in [0.29, 0.717) is 22.6 Å². The van der Waals surface area contributed by atoms with Crippen LogP contribution in [0, 0.1) is 12.7 Å². The van der Waals surface area contributed by atoms with E-state index in [4.69, 9.17) is 9.47 Å². The summed E-state index contributed by atoms with van der Waals surface area (Å²) in [6.45, 7) is 1.68. The first-order valence-electron chi connectivity index (χ1n) is 6.84. The van der Waals surface area contributed by atoms with Crippen LogP contribution in [0.2, 0.25) is 0 Å². The van der Waals surface area contributed by atoms with Crippen LogP contribution in [0.4, 0.5) is 4.39 Å². The van der Waals surface area contributed by atoms with Gasteiger partial charge in [0.05, 0.1) is 19.1 Å². The van der Waals surface area contributed by atoms with Gasteiger partial charge in [0.2, 0.25) is 10.0 Å². The molecule has 5 nitrogen and oxygen atoms in total. The summed E-state index contributed by atoms with van der Waals surface area (Å²) in [5, 5.41) is 0. The minimum Gasteiger partial charge on any atom is -0.496 e. The summed E-state index contributed by atoms with van der Waals surface area (Å²) in [5.74, 6) is 0.566. The van der Waals surface area contributed by atoms with Crippen LogP contribution in [0.15, 0.2) is 41.3 Å². The standard InChI is InChI=1S/C16H18FNO4S/c1-11-8-14(5-7-15(11)21-2)23(19,20)18-10-12-9-13(17)4-6-16(12)22-3/h4-9,18H,10H2,1-3H3. The molecule has 0 aliphatic heterocycles. The lowest BCUT2D eigenvalue weighted by Gasteiger charge is -2.12. The van der Waals surface area contributed by atoms with E-state index in [9.17, 15) is 12.8 Å². The summed E-state index contributed by atoms with van der Waals surface area (Å²) >= 11 is 0. The number of rotatable bonds is 6. The molecule has 7 heteroatoms. The van der Waals surface area contributed by atoms with E-state index in [1.165, 1.54) is 44.6 Å². The zero-order valence-corrected chi connectivity index (χ0v) is 13.9. The number of hydrogen-bond acceptors (Lipinski definition) is 4.